The topological polar surface area (TPSA) is 58.0 Å². The summed E-state index contributed by atoms with van der Waals surface area (Å²) in [7, 11) is 0. The highest BCUT2D eigenvalue weighted by molar-refractivity contribution is 7.71. The van der Waals surface area contributed by atoms with Gasteiger partial charge in [-0.05, 0) is 35.5 Å². The molecule has 0 aliphatic heterocycles. The molecule has 4 nitrogen and oxygen atoms in total. The fourth-order valence-corrected chi connectivity index (χ4v) is 2.72. The van der Waals surface area contributed by atoms with Crippen LogP contribution in [-0.2, 0) is 11.3 Å². The molecule has 1 aliphatic carbocycles. The van der Waals surface area contributed by atoms with E-state index >= 15 is 0 Å². The van der Waals surface area contributed by atoms with Crippen molar-refractivity contribution in [2.45, 2.75) is 6.54 Å². The minimum Gasteiger partial charge on any atom is -0.493 e. The highest BCUT2D eigenvalue weighted by Crippen LogP contribution is 2.30. The Morgan fingerprint density at radius 2 is 2.09 bits per heavy atom. The van der Waals surface area contributed by atoms with E-state index in [9.17, 15) is 9.90 Å². The lowest BCUT2D eigenvalue weighted by molar-refractivity contribution is -0.109. The number of nitrogens with zero attached hydrogens (tertiary/aromatic N) is 1. The number of allylic oxidation sites excluding steroid dienone is 3. The van der Waals surface area contributed by atoms with Gasteiger partial charge in [-0.15, -0.1) is 6.58 Å². The first-order valence-corrected chi connectivity index (χ1v) is 7.19. The maximum Gasteiger partial charge on any atom is 0.218 e. The third-order valence-electron chi connectivity index (χ3n) is 3.51. The Labute approximate surface area is 132 Å². The van der Waals surface area contributed by atoms with Gasteiger partial charge in [-0.2, -0.15) is 0 Å². The van der Waals surface area contributed by atoms with E-state index in [0.29, 0.717) is 22.6 Å². The first kappa shape index (κ1) is 14.3. The lowest BCUT2D eigenvalue weighted by atomic mass is 9.91. The number of imidazole rings is 1. The van der Waals surface area contributed by atoms with Crippen molar-refractivity contribution in [1.29, 1.82) is 0 Å². The number of nitrogens with one attached hydrogen (secondary N) is 1. The molecule has 1 aliphatic rings. The van der Waals surface area contributed by atoms with Crippen molar-refractivity contribution in [3.63, 3.8) is 0 Å². The van der Waals surface area contributed by atoms with Crippen LogP contribution in [0.15, 0.2) is 43.0 Å². The Morgan fingerprint density at radius 1 is 1.32 bits per heavy atom. The second-order valence-electron chi connectivity index (χ2n) is 4.91. The number of aromatic amines is 1. The van der Waals surface area contributed by atoms with Crippen molar-refractivity contribution in [3.05, 3.63) is 64.6 Å². The average molecular weight is 310 g/mol. The van der Waals surface area contributed by atoms with E-state index in [2.05, 4.69) is 11.6 Å². The minimum absolute atomic E-state index is 0.00256. The molecule has 0 radical (unpaired) electrons. The second kappa shape index (κ2) is 5.61. The zero-order chi connectivity index (χ0) is 15.7. The van der Waals surface area contributed by atoms with Crippen molar-refractivity contribution >= 4 is 35.7 Å². The molecule has 2 N–H and O–H groups in total. The van der Waals surface area contributed by atoms with E-state index < -0.39 is 0 Å². The summed E-state index contributed by atoms with van der Waals surface area (Å²) in [5, 5.41) is 10.2. The van der Waals surface area contributed by atoms with Gasteiger partial charge < -0.3 is 10.1 Å². The largest absolute Gasteiger partial charge is 0.493 e. The predicted molar refractivity (Wildman–Crippen MR) is 89.8 cm³/mol. The van der Waals surface area contributed by atoms with Crippen molar-refractivity contribution in [2.75, 3.05) is 0 Å². The molecule has 22 heavy (non-hydrogen) atoms. The van der Waals surface area contributed by atoms with Crippen LogP contribution in [0.1, 0.15) is 16.8 Å². The number of hydrogen-bond acceptors (Lipinski definition) is 3. The molecule has 3 rings (SSSR count). The van der Waals surface area contributed by atoms with Crippen LogP contribution < -0.4 is 0 Å². The first-order chi connectivity index (χ1) is 10.6. The number of hydrogen-bond donors (Lipinski definition) is 2. The highest BCUT2D eigenvalue weighted by atomic mass is 32.1. The summed E-state index contributed by atoms with van der Waals surface area (Å²) in [6, 6.07) is 7.62. The number of carbonyl (C=O) groups excluding carboxylic acids is 1. The Kier molecular flexibility index (Phi) is 3.65. The van der Waals surface area contributed by atoms with Crippen molar-refractivity contribution in [1.82, 2.24) is 9.55 Å². The minimum atomic E-state index is -0.103. The monoisotopic (exact) mass is 310 g/mol. The third-order valence-corrected chi connectivity index (χ3v) is 3.84. The van der Waals surface area contributed by atoms with Crippen LogP contribution in [0.2, 0.25) is 0 Å². The number of rotatable bonds is 3. The summed E-state index contributed by atoms with van der Waals surface area (Å²) in [6.45, 7) is 4.03. The molecule has 0 amide bonds. The zero-order valence-corrected chi connectivity index (χ0v) is 12.6. The molecule has 0 fully saturated rings. The zero-order valence-electron chi connectivity index (χ0n) is 11.7. The molecular weight excluding hydrogens is 296 g/mol. The smallest absolute Gasteiger partial charge is 0.218 e. The lowest BCUT2D eigenvalue weighted by Gasteiger charge is -2.12. The van der Waals surface area contributed by atoms with E-state index in [1.54, 1.807) is 18.2 Å². The number of carbonyl (C=O) groups is 1. The van der Waals surface area contributed by atoms with Gasteiger partial charge in [0.25, 0.3) is 0 Å². The van der Waals surface area contributed by atoms with E-state index in [1.807, 2.05) is 24.3 Å². The first-order valence-electron chi connectivity index (χ1n) is 6.78. The third kappa shape index (κ3) is 2.35. The molecule has 0 saturated heterocycles. The Morgan fingerprint density at radius 3 is 2.86 bits per heavy atom. The number of ketones is 1. The number of aromatic hydroxyl groups is 1. The van der Waals surface area contributed by atoms with Gasteiger partial charge in [0.1, 0.15) is 5.69 Å². The fourth-order valence-electron chi connectivity index (χ4n) is 2.45. The van der Waals surface area contributed by atoms with Gasteiger partial charge in [-0.1, -0.05) is 36.4 Å². The maximum atomic E-state index is 12.2. The van der Waals surface area contributed by atoms with Gasteiger partial charge in [0.15, 0.2) is 10.6 Å². The van der Waals surface area contributed by atoms with Crippen molar-refractivity contribution < 1.29 is 9.90 Å². The van der Waals surface area contributed by atoms with Crippen LogP contribution in [0.5, 0.6) is 5.88 Å². The average Bonchev–Trinajstić information content (AvgIpc) is 2.78. The Balaban J connectivity index is 2.15. The van der Waals surface area contributed by atoms with Crippen LogP contribution >= 0.6 is 12.2 Å². The summed E-state index contributed by atoms with van der Waals surface area (Å²) < 4.78 is 1.90. The molecule has 110 valence electrons. The number of aromatic nitrogens is 2. The normalized spacial score (nSPS) is 15.1. The summed E-state index contributed by atoms with van der Waals surface area (Å²) in [6.07, 6.45) is 6.60. The van der Waals surface area contributed by atoms with Gasteiger partial charge in [-0.3, -0.25) is 9.36 Å². The molecule has 2 aromatic rings. The van der Waals surface area contributed by atoms with Gasteiger partial charge in [-0.25, -0.2) is 0 Å². The van der Waals surface area contributed by atoms with Crippen LogP contribution in [-0.4, -0.2) is 20.4 Å². The van der Waals surface area contributed by atoms with Gasteiger partial charge in [0.2, 0.25) is 5.88 Å². The Hall–Kier alpha value is -2.66. The molecule has 0 unspecified atom stereocenters. The molecule has 0 saturated carbocycles. The van der Waals surface area contributed by atoms with Gasteiger partial charge >= 0.3 is 0 Å². The SMILES string of the molecule is C=CCn1c(O)c(/C=C2/C(=O)C=Cc3ccccc32)[nH]c1=S. The van der Waals surface area contributed by atoms with E-state index in [0.717, 1.165) is 11.1 Å². The van der Waals surface area contributed by atoms with E-state index in [-0.39, 0.29) is 11.7 Å². The molecule has 1 heterocycles. The summed E-state index contributed by atoms with van der Waals surface area (Å²) in [5.41, 5.74) is 2.75. The standard InChI is InChI=1S/C17H14N2O2S/c1-2-9-19-16(21)14(18-17(19)22)10-13-12-6-4-3-5-11(12)7-8-15(13)20/h2-8,10,21H,1,9H2,(H,18,22)/b13-10+. The van der Waals surface area contributed by atoms with Crippen LogP contribution in [0.4, 0.5) is 0 Å². The molecule has 0 atom stereocenters. The summed E-state index contributed by atoms with van der Waals surface area (Å²) in [5.74, 6) is -0.105. The molecule has 1 aromatic heterocycles. The maximum absolute atomic E-state index is 12.2. The number of H-pyrrole nitrogens is 1. The molecule has 1 aromatic carbocycles. The molecule has 5 heteroatoms. The van der Waals surface area contributed by atoms with Gasteiger partial charge in [0, 0.05) is 12.1 Å². The molecular formula is C17H14N2O2S. The fraction of sp³-hybridized carbons (Fsp3) is 0.0588. The van der Waals surface area contributed by atoms with Crippen LogP contribution in [0.3, 0.4) is 0 Å². The highest BCUT2D eigenvalue weighted by Gasteiger charge is 2.18. The quantitative estimate of drug-likeness (QED) is 0.517. The van der Waals surface area contributed by atoms with E-state index in [4.69, 9.17) is 12.2 Å². The van der Waals surface area contributed by atoms with Gasteiger partial charge in [0.05, 0.1) is 0 Å². The Bertz CT molecular complexity index is 884. The predicted octanol–water partition coefficient (Wildman–Crippen LogP) is 3.57. The summed E-state index contributed by atoms with van der Waals surface area (Å²) >= 11 is 5.17. The second-order valence-corrected chi connectivity index (χ2v) is 5.30. The molecule has 0 bridgehead atoms. The van der Waals surface area contributed by atoms with Crippen LogP contribution in [0.25, 0.3) is 17.7 Å². The van der Waals surface area contributed by atoms with Crippen molar-refractivity contribution in [3.8, 4) is 5.88 Å². The van der Waals surface area contributed by atoms with Crippen molar-refractivity contribution in [2.24, 2.45) is 0 Å². The number of fused-ring (bicyclic) bond motifs is 1. The molecule has 0 spiro atoms. The summed E-state index contributed by atoms with van der Waals surface area (Å²) in [4.78, 5) is 15.1. The lowest BCUT2D eigenvalue weighted by Crippen LogP contribution is -2.04. The van der Waals surface area contributed by atoms with Crippen LogP contribution in [0, 0.1) is 4.77 Å². The number of benzene rings is 1. The van der Waals surface area contributed by atoms with E-state index in [1.165, 1.54) is 10.6 Å².